The molecule has 1 fully saturated rings. The van der Waals surface area contributed by atoms with Gasteiger partial charge in [-0.15, -0.1) is 10.2 Å². The summed E-state index contributed by atoms with van der Waals surface area (Å²) in [5.74, 6) is -0.572. The molecule has 5 rings (SSSR count). The number of benzene rings is 3. The fourth-order valence-electron chi connectivity index (χ4n) is 4.73. The molecular weight excluding hydrogens is 605 g/mol. The van der Waals surface area contributed by atoms with E-state index in [4.69, 9.17) is 14.2 Å². The Hall–Kier alpha value is -4.42. The number of Topliss-reactive ketones (excluding diaryl/α,β-unsaturated/α-hetero) is 1. The highest BCUT2D eigenvalue weighted by molar-refractivity contribution is 8.00. The highest BCUT2D eigenvalue weighted by atomic mass is 32.2. The van der Waals surface area contributed by atoms with Crippen LogP contribution in [0.4, 0.5) is 9.52 Å². The molecular formula is C32H30FN3O6S2. The van der Waals surface area contributed by atoms with Crippen LogP contribution >= 0.6 is 23.1 Å². The molecule has 1 aliphatic heterocycles. The summed E-state index contributed by atoms with van der Waals surface area (Å²) >= 11 is 2.36. The predicted molar refractivity (Wildman–Crippen MR) is 167 cm³/mol. The van der Waals surface area contributed by atoms with Gasteiger partial charge in [0.05, 0.1) is 31.4 Å². The molecule has 1 N–H and O–H groups in total. The SMILES string of the molecule is CCOc1ccc(C(O)=C2C(=O)C(=O)N(c3nnc(SCc4ccccc4F)s3)C2c2ccc(OCC)c(OCC)c2)cc1. The third kappa shape index (κ3) is 6.41. The van der Waals surface area contributed by atoms with Gasteiger partial charge < -0.3 is 19.3 Å². The summed E-state index contributed by atoms with van der Waals surface area (Å²) in [6, 6.07) is 17.1. The quantitative estimate of drug-likeness (QED) is 0.0591. The number of hydrogen-bond acceptors (Lipinski definition) is 10. The summed E-state index contributed by atoms with van der Waals surface area (Å²) in [6.07, 6.45) is 0. The minimum atomic E-state index is -1.05. The Bertz CT molecular complexity index is 1690. The molecule has 1 aromatic heterocycles. The zero-order valence-corrected chi connectivity index (χ0v) is 25.9. The predicted octanol–water partition coefficient (Wildman–Crippen LogP) is 6.79. The summed E-state index contributed by atoms with van der Waals surface area (Å²) < 4.78 is 31.7. The molecule has 0 spiro atoms. The number of aromatic nitrogens is 2. The van der Waals surface area contributed by atoms with Crippen molar-refractivity contribution in [3.05, 3.63) is 94.8 Å². The van der Waals surface area contributed by atoms with E-state index in [9.17, 15) is 19.1 Å². The number of hydrogen-bond donors (Lipinski definition) is 1. The number of ketones is 1. The van der Waals surface area contributed by atoms with Crippen molar-refractivity contribution in [2.45, 2.75) is 36.9 Å². The van der Waals surface area contributed by atoms with Gasteiger partial charge in [0, 0.05) is 11.3 Å². The maximum atomic E-state index is 14.2. The number of aliphatic hydroxyl groups is 1. The highest BCUT2D eigenvalue weighted by Crippen LogP contribution is 2.45. The van der Waals surface area contributed by atoms with Crippen LogP contribution in [-0.2, 0) is 15.3 Å². The minimum absolute atomic E-state index is 0.110. The molecule has 4 aromatic rings. The van der Waals surface area contributed by atoms with Gasteiger partial charge in [-0.3, -0.25) is 14.5 Å². The number of carbonyl (C=O) groups is 2. The van der Waals surface area contributed by atoms with Gasteiger partial charge in [0.25, 0.3) is 5.78 Å². The first kappa shape index (κ1) is 31.0. The molecule has 44 heavy (non-hydrogen) atoms. The normalized spacial score (nSPS) is 15.9. The molecule has 9 nitrogen and oxygen atoms in total. The van der Waals surface area contributed by atoms with Gasteiger partial charge in [-0.1, -0.05) is 47.4 Å². The van der Waals surface area contributed by atoms with Crippen LogP contribution in [0, 0.1) is 5.82 Å². The third-order valence-corrected chi connectivity index (χ3v) is 8.78. The lowest BCUT2D eigenvalue weighted by molar-refractivity contribution is -0.132. The van der Waals surface area contributed by atoms with E-state index in [1.165, 1.54) is 22.7 Å². The van der Waals surface area contributed by atoms with Gasteiger partial charge >= 0.3 is 5.91 Å². The molecule has 1 unspecified atom stereocenters. The maximum absolute atomic E-state index is 14.2. The van der Waals surface area contributed by atoms with E-state index < -0.39 is 17.7 Å². The second-order valence-corrected chi connectivity index (χ2v) is 11.6. The third-order valence-electron chi connectivity index (χ3n) is 6.68. The van der Waals surface area contributed by atoms with Gasteiger partial charge in [0.1, 0.15) is 17.3 Å². The lowest BCUT2D eigenvalue weighted by Gasteiger charge is -2.23. The molecule has 0 saturated carbocycles. The van der Waals surface area contributed by atoms with Gasteiger partial charge in [0.15, 0.2) is 15.8 Å². The van der Waals surface area contributed by atoms with Crippen LogP contribution in [0.15, 0.2) is 76.6 Å². The molecule has 12 heteroatoms. The van der Waals surface area contributed by atoms with Crippen molar-refractivity contribution in [3.63, 3.8) is 0 Å². The van der Waals surface area contributed by atoms with Crippen molar-refractivity contribution >= 4 is 45.7 Å². The minimum Gasteiger partial charge on any atom is -0.507 e. The monoisotopic (exact) mass is 635 g/mol. The van der Waals surface area contributed by atoms with E-state index in [1.807, 2.05) is 20.8 Å². The number of aliphatic hydroxyl groups excluding tert-OH is 1. The van der Waals surface area contributed by atoms with Gasteiger partial charge in [-0.05, 0) is 74.4 Å². The van der Waals surface area contributed by atoms with Crippen molar-refractivity contribution < 1.29 is 33.3 Å². The van der Waals surface area contributed by atoms with E-state index in [0.717, 1.165) is 11.3 Å². The van der Waals surface area contributed by atoms with Gasteiger partial charge in [-0.2, -0.15) is 0 Å². The number of nitrogens with zero attached hydrogens (tertiary/aromatic N) is 3. The Morgan fingerprint density at radius 3 is 2.34 bits per heavy atom. The van der Waals surface area contributed by atoms with Crippen molar-refractivity contribution in [2.24, 2.45) is 0 Å². The standard InChI is InChI=1S/C32H30FN3O6S2/c1-4-40-22-14-11-19(12-15-22)28(37)26-27(20-13-16-24(41-5-2)25(17-20)42-6-3)36(30(39)29(26)38)31-34-35-32(44-31)43-18-21-9-7-8-10-23(21)33/h7-17,27,37H,4-6,18H2,1-3H3. The smallest absolute Gasteiger partial charge is 0.301 e. The topological polar surface area (TPSA) is 111 Å². The van der Waals surface area contributed by atoms with Crippen LogP contribution in [0.5, 0.6) is 17.2 Å². The number of ether oxygens (including phenoxy) is 3. The fourth-order valence-corrected chi connectivity index (χ4v) is 6.58. The average Bonchev–Trinajstić information content (AvgIpc) is 3.60. The van der Waals surface area contributed by atoms with Crippen molar-refractivity contribution in [2.75, 3.05) is 24.7 Å². The maximum Gasteiger partial charge on any atom is 0.301 e. The van der Waals surface area contributed by atoms with E-state index in [1.54, 1.807) is 60.7 Å². The summed E-state index contributed by atoms with van der Waals surface area (Å²) in [7, 11) is 0. The van der Waals surface area contributed by atoms with Crippen molar-refractivity contribution in [1.82, 2.24) is 10.2 Å². The second-order valence-electron chi connectivity index (χ2n) is 9.43. The van der Waals surface area contributed by atoms with Crippen LogP contribution in [0.3, 0.4) is 0 Å². The summed E-state index contributed by atoms with van der Waals surface area (Å²) in [5, 5.41) is 20.1. The molecule has 0 aliphatic carbocycles. The average molecular weight is 636 g/mol. The first-order valence-electron chi connectivity index (χ1n) is 14.0. The van der Waals surface area contributed by atoms with Gasteiger partial charge in [0.2, 0.25) is 5.13 Å². The number of carbonyl (C=O) groups excluding carboxylic acids is 2. The Morgan fingerprint density at radius 1 is 0.932 bits per heavy atom. The zero-order valence-electron chi connectivity index (χ0n) is 24.3. The summed E-state index contributed by atoms with van der Waals surface area (Å²) in [6.45, 7) is 6.79. The first-order chi connectivity index (χ1) is 21.4. The fraction of sp³-hybridized carbons (Fsp3) is 0.250. The molecule has 1 amide bonds. The van der Waals surface area contributed by atoms with E-state index >= 15 is 0 Å². The molecule has 0 bridgehead atoms. The lowest BCUT2D eigenvalue weighted by Crippen LogP contribution is -2.29. The largest absolute Gasteiger partial charge is 0.507 e. The van der Waals surface area contributed by atoms with Gasteiger partial charge in [-0.25, -0.2) is 4.39 Å². The first-order valence-corrected chi connectivity index (χ1v) is 15.8. The molecule has 1 aliphatic rings. The number of halogens is 1. The lowest BCUT2D eigenvalue weighted by atomic mass is 9.95. The Labute approximate surface area is 262 Å². The van der Waals surface area contributed by atoms with E-state index in [-0.39, 0.29) is 22.3 Å². The van der Waals surface area contributed by atoms with E-state index in [0.29, 0.717) is 63.9 Å². The van der Waals surface area contributed by atoms with E-state index in [2.05, 4.69) is 10.2 Å². The number of thioether (sulfide) groups is 1. The Kier molecular flexibility index (Phi) is 9.81. The number of amides is 1. The summed E-state index contributed by atoms with van der Waals surface area (Å²) in [5.41, 5.74) is 1.23. The summed E-state index contributed by atoms with van der Waals surface area (Å²) in [4.78, 5) is 28.5. The molecule has 1 saturated heterocycles. The molecule has 1 atom stereocenters. The zero-order chi connectivity index (χ0) is 31.2. The molecule has 2 heterocycles. The Balaban J connectivity index is 1.58. The van der Waals surface area contributed by atoms with Crippen molar-refractivity contribution in [3.8, 4) is 17.2 Å². The van der Waals surface area contributed by atoms with Crippen LogP contribution < -0.4 is 19.1 Å². The second kappa shape index (κ2) is 13.9. The Morgan fingerprint density at radius 2 is 1.64 bits per heavy atom. The van der Waals surface area contributed by atoms with Crippen LogP contribution in [0.1, 0.15) is 43.5 Å². The van der Waals surface area contributed by atoms with Crippen molar-refractivity contribution in [1.29, 1.82) is 0 Å². The molecule has 0 radical (unpaired) electrons. The highest BCUT2D eigenvalue weighted by Gasteiger charge is 2.48. The molecule has 228 valence electrons. The van der Waals surface area contributed by atoms with Crippen LogP contribution in [0.25, 0.3) is 5.76 Å². The number of anilines is 1. The molecule has 3 aromatic carbocycles. The number of rotatable bonds is 12. The van der Waals surface area contributed by atoms with Crippen LogP contribution in [-0.4, -0.2) is 46.8 Å². The van der Waals surface area contributed by atoms with Crippen LogP contribution in [0.2, 0.25) is 0 Å².